The first-order chi connectivity index (χ1) is 3.81. The fourth-order valence-corrected chi connectivity index (χ4v) is 0.558. The van der Waals surface area contributed by atoms with Crippen LogP contribution in [0.1, 0.15) is 26.2 Å². The van der Waals surface area contributed by atoms with E-state index in [9.17, 15) is 0 Å². The average molecular weight is 117 g/mol. The van der Waals surface area contributed by atoms with Crippen molar-refractivity contribution in [3.63, 3.8) is 0 Å². The van der Waals surface area contributed by atoms with Gasteiger partial charge in [0.2, 0.25) is 0 Å². The maximum atomic E-state index is 8.44. The summed E-state index contributed by atoms with van der Waals surface area (Å²) in [6.07, 6.45) is 3.24. The van der Waals surface area contributed by atoms with Gasteiger partial charge < -0.3 is 10.8 Å². The van der Waals surface area contributed by atoms with Crippen LogP contribution in [0.4, 0.5) is 0 Å². The molecular formula is C6H15NO. The van der Waals surface area contributed by atoms with Crippen molar-refractivity contribution in [2.45, 2.75) is 32.2 Å². The largest absolute Gasteiger partial charge is 0.395 e. The van der Waals surface area contributed by atoms with E-state index < -0.39 is 0 Å². The van der Waals surface area contributed by atoms with E-state index >= 15 is 0 Å². The molecule has 50 valence electrons. The fourth-order valence-electron chi connectivity index (χ4n) is 0.558. The Morgan fingerprint density at radius 2 is 2.25 bits per heavy atom. The van der Waals surface area contributed by atoms with Crippen LogP contribution in [0, 0.1) is 0 Å². The van der Waals surface area contributed by atoms with Gasteiger partial charge in [0.25, 0.3) is 0 Å². The minimum absolute atomic E-state index is 0.00921. The van der Waals surface area contributed by atoms with E-state index in [0.29, 0.717) is 0 Å². The van der Waals surface area contributed by atoms with Crippen LogP contribution in [-0.2, 0) is 0 Å². The van der Waals surface area contributed by atoms with Gasteiger partial charge in [-0.2, -0.15) is 0 Å². The van der Waals surface area contributed by atoms with Gasteiger partial charge in [0.15, 0.2) is 0 Å². The van der Waals surface area contributed by atoms with Crippen LogP contribution < -0.4 is 5.73 Å². The fraction of sp³-hybridized carbons (Fsp3) is 1.00. The van der Waals surface area contributed by atoms with Crippen LogP contribution in [0.5, 0.6) is 0 Å². The lowest BCUT2D eigenvalue weighted by Crippen LogP contribution is -2.23. The van der Waals surface area contributed by atoms with E-state index in [-0.39, 0.29) is 12.6 Å². The van der Waals surface area contributed by atoms with Crippen LogP contribution >= 0.6 is 0 Å². The summed E-state index contributed by atoms with van der Waals surface area (Å²) in [7, 11) is 0. The number of hydrogen-bond donors (Lipinski definition) is 2. The number of hydrogen-bond acceptors (Lipinski definition) is 2. The van der Waals surface area contributed by atoms with Gasteiger partial charge in [-0.1, -0.05) is 19.8 Å². The molecule has 1 unspecified atom stereocenters. The number of aliphatic hydroxyl groups excluding tert-OH is 1. The van der Waals surface area contributed by atoms with Crippen LogP contribution in [0.3, 0.4) is 0 Å². The third kappa shape index (κ3) is 4.09. The maximum Gasteiger partial charge on any atom is 0.0582 e. The second-order valence-electron chi connectivity index (χ2n) is 2.08. The summed E-state index contributed by atoms with van der Waals surface area (Å²) in [5.41, 5.74) is 5.41. The van der Waals surface area contributed by atoms with Crippen LogP contribution in [0.2, 0.25) is 0 Å². The Hall–Kier alpha value is -0.0800. The highest BCUT2D eigenvalue weighted by molar-refractivity contribution is 4.56. The topological polar surface area (TPSA) is 46.2 Å². The Balaban J connectivity index is 2.86. The molecule has 0 heterocycles. The molecule has 0 aromatic rings. The summed E-state index contributed by atoms with van der Waals surface area (Å²) < 4.78 is 0. The zero-order valence-electron chi connectivity index (χ0n) is 5.43. The Bertz CT molecular complexity index is 47.8. The predicted molar refractivity (Wildman–Crippen MR) is 34.6 cm³/mol. The van der Waals surface area contributed by atoms with Gasteiger partial charge in [0, 0.05) is 6.04 Å². The van der Waals surface area contributed by atoms with E-state index in [1.54, 1.807) is 0 Å². The van der Waals surface area contributed by atoms with Gasteiger partial charge in [-0.3, -0.25) is 0 Å². The molecule has 0 aromatic heterocycles. The van der Waals surface area contributed by atoms with Crippen molar-refractivity contribution in [3.05, 3.63) is 0 Å². The Labute approximate surface area is 50.7 Å². The van der Waals surface area contributed by atoms with E-state index in [4.69, 9.17) is 10.8 Å². The minimum atomic E-state index is 0.00921. The van der Waals surface area contributed by atoms with E-state index in [2.05, 4.69) is 6.92 Å². The molecule has 2 nitrogen and oxygen atoms in total. The number of aliphatic hydroxyl groups is 1. The van der Waals surface area contributed by atoms with Gasteiger partial charge in [0.05, 0.1) is 6.61 Å². The molecule has 0 saturated carbocycles. The summed E-state index contributed by atoms with van der Waals surface area (Å²) in [5, 5.41) is 8.44. The first-order valence-electron chi connectivity index (χ1n) is 3.17. The molecule has 0 rings (SSSR count). The van der Waals surface area contributed by atoms with Crippen LogP contribution in [0.25, 0.3) is 0 Å². The summed E-state index contributed by atoms with van der Waals surface area (Å²) in [6.45, 7) is 2.24. The second-order valence-corrected chi connectivity index (χ2v) is 2.08. The molecule has 8 heavy (non-hydrogen) atoms. The molecule has 0 aliphatic carbocycles. The van der Waals surface area contributed by atoms with Crippen LogP contribution in [-0.4, -0.2) is 17.8 Å². The second kappa shape index (κ2) is 5.06. The number of rotatable bonds is 4. The summed E-state index contributed by atoms with van der Waals surface area (Å²) in [6, 6.07) is 0.00921. The summed E-state index contributed by atoms with van der Waals surface area (Å²) in [5.74, 6) is 0. The van der Waals surface area contributed by atoms with Gasteiger partial charge in [-0.25, -0.2) is 0 Å². The van der Waals surface area contributed by atoms with Crippen molar-refractivity contribution in [3.8, 4) is 0 Å². The van der Waals surface area contributed by atoms with Gasteiger partial charge >= 0.3 is 0 Å². The lowest BCUT2D eigenvalue weighted by Gasteiger charge is -2.04. The molecule has 0 spiro atoms. The summed E-state index contributed by atoms with van der Waals surface area (Å²) >= 11 is 0. The third-order valence-corrected chi connectivity index (χ3v) is 1.16. The maximum absolute atomic E-state index is 8.44. The molecule has 3 N–H and O–H groups in total. The molecule has 0 aliphatic heterocycles. The van der Waals surface area contributed by atoms with Crippen molar-refractivity contribution in [2.24, 2.45) is 5.73 Å². The molecule has 0 amide bonds. The zero-order chi connectivity index (χ0) is 6.41. The first-order valence-corrected chi connectivity index (χ1v) is 3.17. The normalized spacial score (nSPS) is 13.9. The minimum Gasteiger partial charge on any atom is -0.395 e. The number of nitrogens with two attached hydrogens (primary N) is 1. The molecule has 0 bridgehead atoms. The van der Waals surface area contributed by atoms with Crippen LogP contribution in [0.15, 0.2) is 0 Å². The van der Waals surface area contributed by atoms with E-state index in [0.717, 1.165) is 19.3 Å². The van der Waals surface area contributed by atoms with Gasteiger partial charge in [-0.15, -0.1) is 0 Å². The van der Waals surface area contributed by atoms with E-state index in [1.807, 2.05) is 0 Å². The third-order valence-electron chi connectivity index (χ3n) is 1.16. The van der Waals surface area contributed by atoms with E-state index in [1.165, 1.54) is 0 Å². The predicted octanol–water partition coefficient (Wildman–Crippen LogP) is 0.496. The monoisotopic (exact) mass is 117 g/mol. The molecule has 1 atom stereocenters. The zero-order valence-corrected chi connectivity index (χ0v) is 5.43. The molecular weight excluding hydrogens is 102 g/mol. The Morgan fingerprint density at radius 3 is 2.62 bits per heavy atom. The highest BCUT2D eigenvalue weighted by Crippen LogP contribution is 1.95. The molecule has 0 aromatic carbocycles. The standard InChI is InChI=1S/C6H15NO/c1-2-3-4-6(7)5-8/h6,8H,2-5,7H2,1H3. The first kappa shape index (κ1) is 7.92. The lowest BCUT2D eigenvalue weighted by atomic mass is 10.1. The number of unbranched alkanes of at least 4 members (excludes halogenated alkanes) is 1. The average Bonchev–Trinajstić information content (AvgIpc) is 1.83. The lowest BCUT2D eigenvalue weighted by molar-refractivity contribution is 0.258. The Kier molecular flexibility index (Phi) is 5.01. The van der Waals surface area contributed by atoms with Crippen molar-refractivity contribution < 1.29 is 5.11 Å². The van der Waals surface area contributed by atoms with Crippen molar-refractivity contribution in [2.75, 3.05) is 6.61 Å². The quantitative estimate of drug-likeness (QED) is 0.563. The van der Waals surface area contributed by atoms with Gasteiger partial charge in [-0.05, 0) is 6.42 Å². The SMILES string of the molecule is CCCCC(N)CO. The summed E-state index contributed by atoms with van der Waals surface area (Å²) in [4.78, 5) is 0. The molecule has 0 fully saturated rings. The van der Waals surface area contributed by atoms with Gasteiger partial charge in [0.1, 0.15) is 0 Å². The van der Waals surface area contributed by atoms with Crippen molar-refractivity contribution >= 4 is 0 Å². The molecule has 0 aliphatic rings. The smallest absolute Gasteiger partial charge is 0.0582 e. The Morgan fingerprint density at radius 1 is 1.62 bits per heavy atom. The molecule has 2 heteroatoms. The highest BCUT2D eigenvalue weighted by Gasteiger charge is 1.96. The van der Waals surface area contributed by atoms with Crippen molar-refractivity contribution in [1.29, 1.82) is 0 Å². The molecule has 0 radical (unpaired) electrons. The highest BCUT2D eigenvalue weighted by atomic mass is 16.3. The van der Waals surface area contributed by atoms with Crippen molar-refractivity contribution in [1.82, 2.24) is 0 Å². The molecule has 0 saturated heterocycles.